The van der Waals surface area contributed by atoms with E-state index in [1.165, 1.54) is 6.07 Å². The second-order valence-corrected chi connectivity index (χ2v) is 6.07. The van der Waals surface area contributed by atoms with E-state index in [2.05, 4.69) is 20.3 Å². The summed E-state index contributed by atoms with van der Waals surface area (Å²) in [4.78, 5) is 35.5. The third-order valence-corrected chi connectivity index (χ3v) is 4.04. The summed E-state index contributed by atoms with van der Waals surface area (Å²) in [5.41, 5.74) is 1.78. The molecule has 1 aromatic carbocycles. The Balaban J connectivity index is 1.71. The minimum atomic E-state index is -0.409. The lowest BCUT2D eigenvalue weighted by atomic mass is 10.1. The molecule has 1 atom stereocenters. The fraction of sp³-hybridized carbons (Fsp3) is 0.200. The summed E-state index contributed by atoms with van der Waals surface area (Å²) in [5.74, 6) is 1.00. The highest BCUT2D eigenvalue weighted by Gasteiger charge is 2.14. The van der Waals surface area contributed by atoms with Gasteiger partial charge in [0.2, 0.25) is 5.91 Å². The Morgan fingerprint density at radius 1 is 1.26 bits per heavy atom. The highest BCUT2D eigenvalue weighted by atomic mass is 16.5. The zero-order valence-corrected chi connectivity index (χ0v) is 15.1. The van der Waals surface area contributed by atoms with Crippen molar-refractivity contribution in [3.63, 3.8) is 0 Å². The molecule has 0 bridgehead atoms. The lowest BCUT2D eigenvalue weighted by Gasteiger charge is -2.14. The van der Waals surface area contributed by atoms with Gasteiger partial charge in [0, 0.05) is 24.0 Å². The minimum Gasteiger partial charge on any atom is -0.497 e. The van der Waals surface area contributed by atoms with Crippen LogP contribution >= 0.6 is 0 Å². The van der Waals surface area contributed by atoms with Crippen molar-refractivity contribution in [2.24, 2.45) is 0 Å². The van der Waals surface area contributed by atoms with Crippen LogP contribution in [0.2, 0.25) is 0 Å². The lowest BCUT2D eigenvalue weighted by Crippen LogP contribution is -2.29. The minimum absolute atomic E-state index is 0.155. The van der Waals surface area contributed by atoms with Crippen LogP contribution in [0, 0.1) is 0 Å². The number of benzene rings is 1. The summed E-state index contributed by atoms with van der Waals surface area (Å²) in [6.45, 7) is 1.79. The summed E-state index contributed by atoms with van der Waals surface area (Å²) in [7, 11) is 1.59. The van der Waals surface area contributed by atoms with Crippen LogP contribution in [0.15, 0.2) is 59.7 Å². The number of carbonyl (C=O) groups excluding carboxylic acids is 1. The standard InChI is InChI=1S/C20H20N4O3/c1-13(22-18(25)10-14-5-7-16(27-2)8-6-14)17-11-19(26)24-20(23-17)15-4-3-9-21-12-15/h3-9,11-13H,10H2,1-2H3,(H,22,25)(H,23,24,26)/t13-/m0/s1. The molecular formula is C20H20N4O3. The predicted octanol–water partition coefficient (Wildman–Crippen LogP) is 2.26. The molecule has 138 valence electrons. The zero-order valence-electron chi connectivity index (χ0n) is 15.1. The van der Waals surface area contributed by atoms with Crippen molar-refractivity contribution in [3.05, 3.63) is 76.5 Å². The van der Waals surface area contributed by atoms with Crippen LogP contribution in [0.3, 0.4) is 0 Å². The van der Waals surface area contributed by atoms with E-state index in [0.29, 0.717) is 17.1 Å². The van der Waals surface area contributed by atoms with Crippen molar-refractivity contribution in [1.29, 1.82) is 0 Å². The maximum atomic E-state index is 12.3. The summed E-state index contributed by atoms with van der Waals surface area (Å²) >= 11 is 0. The normalized spacial score (nSPS) is 11.6. The predicted molar refractivity (Wildman–Crippen MR) is 101 cm³/mol. The molecule has 0 radical (unpaired) electrons. The third-order valence-electron chi connectivity index (χ3n) is 4.04. The summed E-state index contributed by atoms with van der Waals surface area (Å²) in [5, 5.41) is 2.88. The number of nitrogens with one attached hydrogen (secondary N) is 2. The van der Waals surface area contributed by atoms with Gasteiger partial charge in [-0.05, 0) is 36.8 Å². The van der Waals surface area contributed by atoms with Crippen molar-refractivity contribution >= 4 is 5.91 Å². The molecule has 3 aromatic rings. The van der Waals surface area contributed by atoms with Crippen LogP contribution < -0.4 is 15.6 Å². The Labute approximate surface area is 156 Å². The fourth-order valence-electron chi connectivity index (χ4n) is 2.63. The first-order valence-corrected chi connectivity index (χ1v) is 8.49. The Morgan fingerprint density at radius 2 is 2.04 bits per heavy atom. The van der Waals surface area contributed by atoms with Gasteiger partial charge in [-0.15, -0.1) is 0 Å². The van der Waals surface area contributed by atoms with Gasteiger partial charge >= 0.3 is 0 Å². The number of hydrogen-bond donors (Lipinski definition) is 2. The SMILES string of the molecule is COc1ccc(CC(=O)N[C@@H](C)c2cc(=O)[nH]c(-c3cccnc3)n2)cc1. The Hall–Kier alpha value is -3.48. The molecule has 0 aliphatic carbocycles. The van der Waals surface area contributed by atoms with Gasteiger partial charge in [-0.1, -0.05) is 12.1 Å². The van der Waals surface area contributed by atoms with E-state index in [9.17, 15) is 9.59 Å². The Morgan fingerprint density at radius 3 is 2.70 bits per heavy atom. The molecule has 0 aliphatic rings. The molecule has 0 spiro atoms. The molecule has 0 saturated heterocycles. The van der Waals surface area contributed by atoms with E-state index in [1.807, 2.05) is 30.3 Å². The van der Waals surface area contributed by atoms with Crippen LogP contribution in [-0.4, -0.2) is 28.0 Å². The van der Waals surface area contributed by atoms with E-state index in [1.54, 1.807) is 32.5 Å². The molecular weight excluding hydrogens is 344 g/mol. The monoisotopic (exact) mass is 364 g/mol. The number of carbonyl (C=O) groups is 1. The first-order chi connectivity index (χ1) is 13.0. The first kappa shape index (κ1) is 18.3. The van der Waals surface area contributed by atoms with E-state index >= 15 is 0 Å². The van der Waals surface area contributed by atoms with Gasteiger partial charge in [-0.2, -0.15) is 0 Å². The number of amides is 1. The van der Waals surface area contributed by atoms with Gasteiger partial charge in [0.1, 0.15) is 11.6 Å². The number of methoxy groups -OCH3 is 1. The Bertz CT molecular complexity index is 969. The molecule has 2 N–H and O–H groups in total. The van der Waals surface area contributed by atoms with Crippen LogP contribution in [-0.2, 0) is 11.2 Å². The largest absolute Gasteiger partial charge is 0.497 e. The third kappa shape index (κ3) is 4.78. The number of H-pyrrole nitrogens is 1. The van der Waals surface area contributed by atoms with Crippen LogP contribution in [0.1, 0.15) is 24.2 Å². The topological polar surface area (TPSA) is 97.0 Å². The number of ether oxygens (including phenoxy) is 1. The molecule has 0 aliphatic heterocycles. The quantitative estimate of drug-likeness (QED) is 0.699. The maximum Gasteiger partial charge on any atom is 0.251 e. The van der Waals surface area contributed by atoms with Gasteiger partial charge in [0.05, 0.1) is 25.3 Å². The maximum absolute atomic E-state index is 12.3. The molecule has 27 heavy (non-hydrogen) atoms. The van der Waals surface area contributed by atoms with E-state index in [4.69, 9.17) is 4.74 Å². The average molecular weight is 364 g/mol. The van der Waals surface area contributed by atoms with Gasteiger partial charge < -0.3 is 15.0 Å². The van der Waals surface area contributed by atoms with E-state index in [-0.39, 0.29) is 17.9 Å². The molecule has 7 nitrogen and oxygen atoms in total. The number of nitrogens with zero attached hydrogens (tertiary/aromatic N) is 2. The van der Waals surface area contributed by atoms with Gasteiger partial charge in [-0.3, -0.25) is 14.6 Å². The molecule has 2 heterocycles. The number of rotatable bonds is 6. The number of pyridine rings is 1. The smallest absolute Gasteiger partial charge is 0.251 e. The first-order valence-electron chi connectivity index (χ1n) is 8.49. The van der Waals surface area contributed by atoms with Gasteiger partial charge in [0.25, 0.3) is 5.56 Å². The molecule has 1 amide bonds. The van der Waals surface area contributed by atoms with E-state index < -0.39 is 6.04 Å². The molecule has 0 unspecified atom stereocenters. The molecule has 7 heteroatoms. The Kier molecular flexibility index (Phi) is 5.61. The van der Waals surface area contributed by atoms with Crippen LogP contribution in [0.4, 0.5) is 0 Å². The van der Waals surface area contributed by atoms with Gasteiger partial charge in [0.15, 0.2) is 0 Å². The zero-order chi connectivity index (χ0) is 19.2. The molecule has 0 saturated carbocycles. The van der Waals surface area contributed by atoms with E-state index in [0.717, 1.165) is 11.3 Å². The van der Waals surface area contributed by atoms with Crippen molar-refractivity contribution < 1.29 is 9.53 Å². The second kappa shape index (κ2) is 8.27. The van der Waals surface area contributed by atoms with Gasteiger partial charge in [-0.25, -0.2) is 4.98 Å². The van der Waals surface area contributed by atoms with Crippen LogP contribution in [0.5, 0.6) is 5.75 Å². The number of hydrogen-bond acceptors (Lipinski definition) is 5. The summed E-state index contributed by atoms with van der Waals surface area (Å²) in [6, 6.07) is 11.9. The summed E-state index contributed by atoms with van der Waals surface area (Å²) < 4.78 is 5.11. The highest BCUT2D eigenvalue weighted by molar-refractivity contribution is 5.79. The highest BCUT2D eigenvalue weighted by Crippen LogP contribution is 2.15. The van der Waals surface area contributed by atoms with Crippen molar-refractivity contribution in [3.8, 4) is 17.1 Å². The number of aromatic nitrogens is 3. The lowest BCUT2D eigenvalue weighted by molar-refractivity contribution is -0.121. The summed E-state index contributed by atoms with van der Waals surface area (Å²) in [6.07, 6.45) is 3.50. The molecule has 3 rings (SSSR count). The van der Waals surface area contributed by atoms with Crippen molar-refractivity contribution in [2.75, 3.05) is 7.11 Å². The number of aromatic amines is 1. The average Bonchev–Trinajstić information content (AvgIpc) is 2.68. The van der Waals surface area contributed by atoms with Crippen molar-refractivity contribution in [1.82, 2.24) is 20.3 Å². The van der Waals surface area contributed by atoms with Crippen molar-refractivity contribution in [2.45, 2.75) is 19.4 Å². The molecule has 2 aromatic heterocycles. The molecule has 0 fully saturated rings. The van der Waals surface area contributed by atoms with Crippen LogP contribution in [0.25, 0.3) is 11.4 Å². The fourth-order valence-corrected chi connectivity index (χ4v) is 2.63. The second-order valence-electron chi connectivity index (χ2n) is 6.07.